The number of carboxylic acid groups (broad SMARTS) is 1. The second-order valence-corrected chi connectivity index (χ2v) is 5.15. The van der Waals surface area contributed by atoms with Gasteiger partial charge in [-0.05, 0) is 35.9 Å². The van der Waals surface area contributed by atoms with Gasteiger partial charge < -0.3 is 9.84 Å². The molecular weight excluding hydrogens is 344 g/mol. The van der Waals surface area contributed by atoms with Crippen molar-refractivity contribution in [1.82, 2.24) is 0 Å². The third-order valence-corrected chi connectivity index (χ3v) is 3.44. The van der Waals surface area contributed by atoms with E-state index in [0.29, 0.717) is 16.5 Å². The number of rotatable bonds is 4. The molecule has 2 aromatic carbocycles. The molecule has 102 valence electrons. The van der Waals surface area contributed by atoms with E-state index < -0.39 is 5.97 Å². The number of carbonyl (C=O) groups is 1. The number of benzene rings is 2. The standard InChI is InChI=1S/C15H10BrClO3/c16-12-9-11(7-5-10(12)6-8-15(18)19)20-14-4-2-1-3-13(14)17/h1-9H,(H,18,19)/b8-6+. The van der Waals surface area contributed by atoms with Crippen molar-refractivity contribution < 1.29 is 14.6 Å². The minimum Gasteiger partial charge on any atom is -0.478 e. The van der Waals surface area contributed by atoms with Gasteiger partial charge in [0.15, 0.2) is 0 Å². The van der Waals surface area contributed by atoms with Crippen LogP contribution in [0.2, 0.25) is 5.02 Å². The zero-order valence-corrected chi connectivity index (χ0v) is 12.6. The molecule has 0 fully saturated rings. The van der Waals surface area contributed by atoms with E-state index in [1.54, 1.807) is 30.3 Å². The average Bonchev–Trinajstić information content (AvgIpc) is 2.40. The fraction of sp³-hybridized carbons (Fsp3) is 0. The van der Waals surface area contributed by atoms with E-state index in [4.69, 9.17) is 21.4 Å². The Balaban J connectivity index is 2.21. The first kappa shape index (κ1) is 14.6. The van der Waals surface area contributed by atoms with Crippen LogP contribution in [-0.4, -0.2) is 11.1 Å². The van der Waals surface area contributed by atoms with Crippen LogP contribution in [0.3, 0.4) is 0 Å². The lowest BCUT2D eigenvalue weighted by molar-refractivity contribution is -0.131. The van der Waals surface area contributed by atoms with Crippen LogP contribution in [0.1, 0.15) is 5.56 Å². The van der Waals surface area contributed by atoms with Gasteiger partial charge in [0.05, 0.1) is 5.02 Å². The van der Waals surface area contributed by atoms with Crippen molar-refractivity contribution in [2.75, 3.05) is 0 Å². The van der Waals surface area contributed by atoms with E-state index in [0.717, 1.165) is 16.1 Å². The van der Waals surface area contributed by atoms with Crippen LogP contribution in [0.25, 0.3) is 6.08 Å². The highest BCUT2D eigenvalue weighted by Crippen LogP contribution is 2.31. The summed E-state index contributed by atoms with van der Waals surface area (Å²) in [5, 5.41) is 9.13. The molecule has 0 radical (unpaired) electrons. The predicted octanol–water partition coefficient (Wildman–Crippen LogP) is 4.99. The molecule has 0 bridgehead atoms. The van der Waals surface area contributed by atoms with Gasteiger partial charge in [0.25, 0.3) is 0 Å². The molecule has 0 aromatic heterocycles. The molecule has 0 amide bonds. The lowest BCUT2D eigenvalue weighted by atomic mass is 10.2. The minimum absolute atomic E-state index is 0.526. The van der Waals surface area contributed by atoms with Crippen molar-refractivity contribution in [1.29, 1.82) is 0 Å². The molecule has 0 aliphatic heterocycles. The minimum atomic E-state index is -0.992. The molecule has 3 nitrogen and oxygen atoms in total. The summed E-state index contributed by atoms with van der Waals surface area (Å²) >= 11 is 9.39. The van der Waals surface area contributed by atoms with Gasteiger partial charge in [-0.3, -0.25) is 0 Å². The Morgan fingerprint density at radius 1 is 1.25 bits per heavy atom. The number of para-hydroxylation sites is 1. The number of hydrogen-bond donors (Lipinski definition) is 1. The van der Waals surface area contributed by atoms with Crippen molar-refractivity contribution in [3.63, 3.8) is 0 Å². The summed E-state index contributed by atoms with van der Waals surface area (Å²) in [4.78, 5) is 10.5. The topological polar surface area (TPSA) is 46.5 Å². The largest absolute Gasteiger partial charge is 0.478 e. The van der Waals surface area contributed by atoms with E-state index in [2.05, 4.69) is 15.9 Å². The van der Waals surface area contributed by atoms with E-state index in [9.17, 15) is 4.79 Å². The first-order valence-electron chi connectivity index (χ1n) is 5.69. The summed E-state index contributed by atoms with van der Waals surface area (Å²) in [6, 6.07) is 12.4. The summed E-state index contributed by atoms with van der Waals surface area (Å²) in [7, 11) is 0. The monoisotopic (exact) mass is 352 g/mol. The molecule has 0 unspecified atom stereocenters. The number of ether oxygens (including phenoxy) is 1. The van der Waals surface area contributed by atoms with Crippen LogP contribution in [-0.2, 0) is 4.79 Å². The van der Waals surface area contributed by atoms with Gasteiger partial charge >= 0.3 is 5.97 Å². The highest BCUT2D eigenvalue weighted by molar-refractivity contribution is 9.10. The predicted molar refractivity (Wildman–Crippen MR) is 82.3 cm³/mol. The Labute approximate surface area is 129 Å². The summed E-state index contributed by atoms with van der Waals surface area (Å²) in [5.41, 5.74) is 0.749. The molecule has 1 N–H and O–H groups in total. The Hall–Kier alpha value is -1.78. The first-order valence-corrected chi connectivity index (χ1v) is 6.86. The zero-order chi connectivity index (χ0) is 14.5. The van der Waals surface area contributed by atoms with Crippen LogP contribution < -0.4 is 4.74 Å². The van der Waals surface area contributed by atoms with Crippen LogP contribution in [0.4, 0.5) is 0 Å². The van der Waals surface area contributed by atoms with E-state index in [-0.39, 0.29) is 0 Å². The molecule has 0 aliphatic carbocycles. The van der Waals surface area contributed by atoms with Crippen LogP contribution in [0, 0.1) is 0 Å². The normalized spacial score (nSPS) is 10.7. The SMILES string of the molecule is O=C(O)/C=C/c1ccc(Oc2ccccc2Cl)cc1Br. The van der Waals surface area contributed by atoms with Crippen LogP contribution >= 0.6 is 27.5 Å². The van der Waals surface area contributed by atoms with Crippen molar-refractivity contribution in [3.05, 3.63) is 63.6 Å². The number of hydrogen-bond acceptors (Lipinski definition) is 2. The average molecular weight is 354 g/mol. The van der Waals surface area contributed by atoms with Crippen molar-refractivity contribution >= 4 is 39.6 Å². The first-order chi connectivity index (χ1) is 9.56. The Morgan fingerprint density at radius 2 is 2.00 bits per heavy atom. The molecular formula is C15H10BrClO3. The van der Waals surface area contributed by atoms with Gasteiger partial charge in [-0.1, -0.05) is 45.7 Å². The van der Waals surface area contributed by atoms with Crippen molar-refractivity contribution in [2.45, 2.75) is 0 Å². The summed E-state index contributed by atoms with van der Waals surface area (Å²) < 4.78 is 6.40. The highest BCUT2D eigenvalue weighted by atomic mass is 79.9. The molecule has 0 spiro atoms. The molecule has 0 heterocycles. The summed E-state index contributed by atoms with van der Waals surface area (Å²) in [6.45, 7) is 0. The van der Waals surface area contributed by atoms with Gasteiger partial charge in [-0.15, -0.1) is 0 Å². The van der Waals surface area contributed by atoms with Crippen molar-refractivity contribution in [3.8, 4) is 11.5 Å². The lowest BCUT2D eigenvalue weighted by Gasteiger charge is -2.08. The maximum atomic E-state index is 10.5. The second-order valence-electron chi connectivity index (χ2n) is 3.89. The number of carboxylic acids is 1. The molecule has 0 saturated carbocycles. The van der Waals surface area contributed by atoms with Gasteiger partial charge in [-0.25, -0.2) is 4.79 Å². The summed E-state index contributed by atoms with van der Waals surface area (Å²) in [6.07, 6.45) is 2.58. The third kappa shape index (κ3) is 3.85. The fourth-order valence-electron chi connectivity index (χ4n) is 1.52. The Bertz CT molecular complexity index is 668. The molecule has 5 heteroatoms. The Kier molecular flexibility index (Phi) is 4.82. The number of aliphatic carboxylic acids is 1. The van der Waals surface area contributed by atoms with Crippen molar-refractivity contribution in [2.24, 2.45) is 0 Å². The second kappa shape index (κ2) is 6.59. The Morgan fingerprint density at radius 3 is 2.65 bits per heavy atom. The fourth-order valence-corrected chi connectivity index (χ4v) is 2.19. The maximum absolute atomic E-state index is 10.5. The van der Waals surface area contributed by atoms with Crippen LogP contribution in [0.15, 0.2) is 53.0 Å². The number of halogens is 2. The van der Waals surface area contributed by atoms with E-state index in [1.807, 2.05) is 12.1 Å². The smallest absolute Gasteiger partial charge is 0.328 e. The third-order valence-electron chi connectivity index (χ3n) is 2.44. The summed E-state index contributed by atoms with van der Waals surface area (Å²) in [5.74, 6) is 0.181. The lowest BCUT2D eigenvalue weighted by Crippen LogP contribution is -1.88. The van der Waals surface area contributed by atoms with E-state index in [1.165, 1.54) is 6.08 Å². The van der Waals surface area contributed by atoms with Gasteiger partial charge in [0.1, 0.15) is 11.5 Å². The quantitative estimate of drug-likeness (QED) is 0.787. The molecule has 0 aliphatic rings. The molecule has 2 rings (SSSR count). The highest BCUT2D eigenvalue weighted by Gasteiger charge is 2.04. The molecule has 2 aromatic rings. The molecule has 0 atom stereocenters. The van der Waals surface area contributed by atoms with Gasteiger partial charge in [0, 0.05) is 10.5 Å². The zero-order valence-electron chi connectivity index (χ0n) is 10.2. The maximum Gasteiger partial charge on any atom is 0.328 e. The van der Waals surface area contributed by atoms with E-state index >= 15 is 0 Å². The van der Waals surface area contributed by atoms with Gasteiger partial charge in [-0.2, -0.15) is 0 Å². The molecule has 0 saturated heterocycles. The van der Waals surface area contributed by atoms with Crippen LogP contribution in [0.5, 0.6) is 11.5 Å². The molecule has 20 heavy (non-hydrogen) atoms. The van der Waals surface area contributed by atoms with Gasteiger partial charge in [0.2, 0.25) is 0 Å².